The SMILES string of the molecule is CNC(=O)c1ccc(NC(=O)C2CC(=O)N(c3ccc(C)c(F)c3)C2)cc1. The summed E-state index contributed by atoms with van der Waals surface area (Å²) in [5, 5.41) is 5.28. The third-order valence-corrected chi connectivity index (χ3v) is 4.60. The first-order chi connectivity index (χ1) is 12.9. The van der Waals surface area contributed by atoms with Gasteiger partial charge in [-0.1, -0.05) is 6.07 Å². The molecule has 27 heavy (non-hydrogen) atoms. The quantitative estimate of drug-likeness (QED) is 0.869. The lowest BCUT2D eigenvalue weighted by molar-refractivity contribution is -0.122. The molecule has 0 spiro atoms. The highest BCUT2D eigenvalue weighted by atomic mass is 19.1. The molecular weight excluding hydrogens is 349 g/mol. The van der Waals surface area contributed by atoms with E-state index < -0.39 is 5.92 Å². The van der Waals surface area contributed by atoms with E-state index in [0.29, 0.717) is 22.5 Å². The fraction of sp³-hybridized carbons (Fsp3) is 0.250. The maximum Gasteiger partial charge on any atom is 0.251 e. The largest absolute Gasteiger partial charge is 0.355 e. The zero-order valence-corrected chi connectivity index (χ0v) is 15.1. The number of amides is 3. The Morgan fingerprint density at radius 1 is 1.15 bits per heavy atom. The van der Waals surface area contributed by atoms with Gasteiger partial charge in [0.1, 0.15) is 5.82 Å². The van der Waals surface area contributed by atoms with Gasteiger partial charge in [-0.15, -0.1) is 0 Å². The van der Waals surface area contributed by atoms with Gasteiger partial charge in [-0.2, -0.15) is 0 Å². The Bertz CT molecular complexity index is 896. The fourth-order valence-electron chi connectivity index (χ4n) is 2.98. The first-order valence-electron chi connectivity index (χ1n) is 8.58. The minimum atomic E-state index is -0.527. The van der Waals surface area contributed by atoms with E-state index in [1.165, 1.54) is 11.0 Å². The second-order valence-corrected chi connectivity index (χ2v) is 6.48. The van der Waals surface area contributed by atoms with Gasteiger partial charge in [0.15, 0.2) is 0 Å². The number of carbonyl (C=O) groups excluding carboxylic acids is 3. The molecule has 3 rings (SSSR count). The summed E-state index contributed by atoms with van der Waals surface area (Å²) in [6.07, 6.45) is 0.0671. The van der Waals surface area contributed by atoms with E-state index >= 15 is 0 Å². The number of aryl methyl sites for hydroxylation is 1. The van der Waals surface area contributed by atoms with Gasteiger partial charge >= 0.3 is 0 Å². The number of nitrogens with zero attached hydrogens (tertiary/aromatic N) is 1. The number of anilines is 2. The second-order valence-electron chi connectivity index (χ2n) is 6.48. The van der Waals surface area contributed by atoms with Gasteiger partial charge in [0.2, 0.25) is 11.8 Å². The van der Waals surface area contributed by atoms with E-state index in [9.17, 15) is 18.8 Å². The predicted molar refractivity (Wildman–Crippen MR) is 100 cm³/mol. The van der Waals surface area contributed by atoms with Gasteiger partial charge in [-0.25, -0.2) is 4.39 Å². The van der Waals surface area contributed by atoms with Crippen molar-refractivity contribution in [1.82, 2.24) is 5.32 Å². The molecule has 2 N–H and O–H groups in total. The molecule has 0 radical (unpaired) electrons. The van der Waals surface area contributed by atoms with Crippen LogP contribution in [0.1, 0.15) is 22.3 Å². The van der Waals surface area contributed by atoms with E-state index in [2.05, 4.69) is 10.6 Å². The molecule has 1 aliphatic heterocycles. The lowest BCUT2D eigenvalue weighted by atomic mass is 10.1. The number of nitrogens with one attached hydrogen (secondary N) is 2. The molecular formula is C20H20FN3O3. The van der Waals surface area contributed by atoms with Crippen LogP contribution >= 0.6 is 0 Å². The number of halogens is 1. The standard InChI is InChI=1S/C20H20FN3O3/c1-12-3-8-16(10-17(12)21)24-11-14(9-18(24)25)20(27)23-15-6-4-13(5-7-15)19(26)22-2/h3-8,10,14H,9,11H2,1-2H3,(H,22,26)(H,23,27). The Kier molecular flexibility index (Phi) is 5.21. The molecule has 1 aliphatic rings. The Morgan fingerprint density at radius 3 is 2.48 bits per heavy atom. The number of hydrogen-bond donors (Lipinski definition) is 2. The van der Waals surface area contributed by atoms with E-state index in [4.69, 9.17) is 0 Å². The molecule has 1 saturated heterocycles. The van der Waals surface area contributed by atoms with Crippen molar-refractivity contribution in [2.45, 2.75) is 13.3 Å². The van der Waals surface area contributed by atoms with Crippen LogP contribution in [0.25, 0.3) is 0 Å². The van der Waals surface area contributed by atoms with Crippen molar-refractivity contribution in [3.05, 3.63) is 59.4 Å². The van der Waals surface area contributed by atoms with E-state index in [1.807, 2.05) is 0 Å². The van der Waals surface area contributed by atoms with Crippen LogP contribution in [-0.4, -0.2) is 31.3 Å². The minimum Gasteiger partial charge on any atom is -0.355 e. The molecule has 140 valence electrons. The van der Waals surface area contributed by atoms with Crippen LogP contribution in [0.2, 0.25) is 0 Å². The highest BCUT2D eigenvalue weighted by Gasteiger charge is 2.35. The molecule has 1 heterocycles. The first kappa shape index (κ1) is 18.6. The molecule has 7 heteroatoms. The minimum absolute atomic E-state index is 0.0671. The summed E-state index contributed by atoms with van der Waals surface area (Å²) >= 11 is 0. The third kappa shape index (κ3) is 3.97. The number of benzene rings is 2. The zero-order chi connectivity index (χ0) is 19.6. The van der Waals surface area contributed by atoms with Crippen molar-refractivity contribution >= 4 is 29.1 Å². The maximum absolute atomic E-state index is 13.8. The number of carbonyl (C=O) groups is 3. The molecule has 1 unspecified atom stereocenters. The zero-order valence-electron chi connectivity index (χ0n) is 15.1. The predicted octanol–water partition coefficient (Wildman–Crippen LogP) is 2.49. The van der Waals surface area contributed by atoms with Gasteiger partial charge in [0.05, 0.1) is 5.92 Å². The normalized spacial score (nSPS) is 16.3. The molecule has 1 fully saturated rings. The summed E-state index contributed by atoms with van der Waals surface area (Å²) in [6, 6.07) is 11.1. The second kappa shape index (κ2) is 7.57. The molecule has 0 aromatic heterocycles. The van der Waals surface area contributed by atoms with Crippen LogP contribution in [-0.2, 0) is 9.59 Å². The Labute approximate surface area is 156 Å². The summed E-state index contributed by atoms with van der Waals surface area (Å²) in [5.41, 5.74) is 1.98. The van der Waals surface area contributed by atoms with Gasteiger partial charge in [0.25, 0.3) is 5.91 Å². The van der Waals surface area contributed by atoms with Gasteiger partial charge in [-0.05, 0) is 48.9 Å². The Hall–Kier alpha value is -3.22. The van der Waals surface area contributed by atoms with Gasteiger partial charge < -0.3 is 15.5 Å². The van der Waals surface area contributed by atoms with Crippen LogP contribution in [0.5, 0.6) is 0 Å². The summed E-state index contributed by atoms with van der Waals surface area (Å²) in [5.74, 6) is -1.63. The van der Waals surface area contributed by atoms with Crippen molar-refractivity contribution < 1.29 is 18.8 Å². The average Bonchev–Trinajstić information content (AvgIpc) is 3.06. The summed E-state index contributed by atoms with van der Waals surface area (Å²) < 4.78 is 13.8. The van der Waals surface area contributed by atoms with Gasteiger partial charge in [-0.3, -0.25) is 14.4 Å². The number of hydrogen-bond acceptors (Lipinski definition) is 3. The Balaban J connectivity index is 1.66. The lowest BCUT2D eigenvalue weighted by Gasteiger charge is -2.17. The average molecular weight is 369 g/mol. The molecule has 0 aliphatic carbocycles. The van der Waals surface area contributed by atoms with E-state index in [-0.39, 0.29) is 36.5 Å². The molecule has 6 nitrogen and oxygen atoms in total. The van der Waals surface area contributed by atoms with Gasteiger partial charge in [0, 0.05) is 37.0 Å². The molecule has 0 saturated carbocycles. The maximum atomic E-state index is 13.8. The number of rotatable bonds is 4. The highest BCUT2D eigenvalue weighted by molar-refractivity contribution is 6.03. The Morgan fingerprint density at radius 2 is 1.85 bits per heavy atom. The summed E-state index contributed by atoms with van der Waals surface area (Å²) in [7, 11) is 1.54. The first-order valence-corrected chi connectivity index (χ1v) is 8.58. The highest BCUT2D eigenvalue weighted by Crippen LogP contribution is 2.27. The van der Waals surface area contributed by atoms with Crippen molar-refractivity contribution in [3.63, 3.8) is 0 Å². The van der Waals surface area contributed by atoms with Crippen LogP contribution in [0.3, 0.4) is 0 Å². The molecule has 1 atom stereocenters. The van der Waals surface area contributed by atoms with Crippen LogP contribution in [0.15, 0.2) is 42.5 Å². The van der Waals surface area contributed by atoms with Crippen LogP contribution < -0.4 is 15.5 Å². The van der Waals surface area contributed by atoms with Crippen molar-refractivity contribution in [2.24, 2.45) is 5.92 Å². The van der Waals surface area contributed by atoms with E-state index in [0.717, 1.165) is 0 Å². The topological polar surface area (TPSA) is 78.5 Å². The van der Waals surface area contributed by atoms with Crippen molar-refractivity contribution in [1.29, 1.82) is 0 Å². The molecule has 2 aromatic carbocycles. The summed E-state index contributed by atoms with van der Waals surface area (Å²) in [6.45, 7) is 1.85. The van der Waals surface area contributed by atoms with Crippen molar-refractivity contribution in [3.8, 4) is 0 Å². The van der Waals surface area contributed by atoms with E-state index in [1.54, 1.807) is 50.4 Å². The molecule has 3 amide bonds. The van der Waals surface area contributed by atoms with Crippen molar-refractivity contribution in [2.75, 3.05) is 23.8 Å². The third-order valence-electron chi connectivity index (χ3n) is 4.60. The lowest BCUT2D eigenvalue weighted by Crippen LogP contribution is -2.28. The van der Waals surface area contributed by atoms with Crippen LogP contribution in [0, 0.1) is 18.7 Å². The van der Waals surface area contributed by atoms with Crippen LogP contribution in [0.4, 0.5) is 15.8 Å². The molecule has 2 aromatic rings. The smallest absolute Gasteiger partial charge is 0.251 e. The molecule has 0 bridgehead atoms. The fourth-order valence-corrected chi connectivity index (χ4v) is 2.98. The summed E-state index contributed by atoms with van der Waals surface area (Å²) in [4.78, 5) is 37.7. The monoisotopic (exact) mass is 369 g/mol.